The van der Waals surface area contributed by atoms with Crippen molar-refractivity contribution in [3.8, 4) is 0 Å². The number of aromatic nitrogens is 1. The summed E-state index contributed by atoms with van der Waals surface area (Å²) >= 11 is 0. The van der Waals surface area contributed by atoms with E-state index in [0.29, 0.717) is 25.3 Å². The Hall–Kier alpha value is -2.44. The van der Waals surface area contributed by atoms with Gasteiger partial charge in [-0.15, -0.1) is 0 Å². The molecule has 3 heterocycles. The normalized spacial score (nSPS) is 18.4. The zero-order valence-corrected chi connectivity index (χ0v) is 17.2. The maximum Gasteiger partial charge on any atom is 0.255 e. The summed E-state index contributed by atoms with van der Waals surface area (Å²) in [5.41, 5.74) is 1.74. The van der Waals surface area contributed by atoms with E-state index >= 15 is 0 Å². The number of nitrogens with zero attached hydrogens (tertiary/aromatic N) is 3. The second-order valence-electron chi connectivity index (χ2n) is 8.01. The largest absolute Gasteiger partial charge is 0.356 e. The van der Waals surface area contributed by atoms with Gasteiger partial charge >= 0.3 is 0 Å². The van der Waals surface area contributed by atoms with Gasteiger partial charge in [-0.25, -0.2) is 4.98 Å². The lowest BCUT2D eigenvalue weighted by Gasteiger charge is -2.38. The molecular formula is C23H29N3O3. The van der Waals surface area contributed by atoms with Gasteiger partial charge in [-0.3, -0.25) is 4.79 Å². The van der Waals surface area contributed by atoms with Crippen LogP contribution in [0.1, 0.15) is 42.6 Å². The molecule has 2 aromatic rings. The highest BCUT2D eigenvalue weighted by atomic mass is 16.7. The van der Waals surface area contributed by atoms with Gasteiger partial charge in [-0.05, 0) is 31.5 Å². The zero-order chi connectivity index (χ0) is 20.3. The van der Waals surface area contributed by atoms with Gasteiger partial charge in [-0.1, -0.05) is 30.3 Å². The average Bonchev–Trinajstić information content (AvgIpc) is 3.21. The molecule has 2 saturated heterocycles. The molecule has 1 spiro atoms. The fourth-order valence-corrected chi connectivity index (χ4v) is 4.00. The van der Waals surface area contributed by atoms with E-state index in [4.69, 9.17) is 9.47 Å². The Labute approximate surface area is 172 Å². The Morgan fingerprint density at radius 1 is 1.10 bits per heavy atom. The molecule has 1 aromatic heterocycles. The highest BCUT2D eigenvalue weighted by Crippen LogP contribution is 2.32. The van der Waals surface area contributed by atoms with Crippen LogP contribution in [0.5, 0.6) is 0 Å². The summed E-state index contributed by atoms with van der Waals surface area (Å²) in [7, 11) is 0. The minimum Gasteiger partial charge on any atom is -0.356 e. The van der Waals surface area contributed by atoms with Gasteiger partial charge in [0.2, 0.25) is 0 Å². The number of anilines is 1. The number of hydrogen-bond donors (Lipinski definition) is 0. The van der Waals surface area contributed by atoms with Gasteiger partial charge in [0, 0.05) is 44.7 Å². The first-order valence-corrected chi connectivity index (χ1v) is 10.4. The van der Waals surface area contributed by atoms with Crippen LogP contribution in [0.15, 0.2) is 48.7 Å². The van der Waals surface area contributed by atoms with Crippen LogP contribution >= 0.6 is 0 Å². The highest BCUT2D eigenvalue weighted by molar-refractivity contribution is 5.94. The van der Waals surface area contributed by atoms with Crippen LogP contribution in [-0.2, 0) is 16.0 Å². The van der Waals surface area contributed by atoms with E-state index in [-0.39, 0.29) is 17.7 Å². The van der Waals surface area contributed by atoms with Crippen LogP contribution in [0.25, 0.3) is 0 Å². The van der Waals surface area contributed by atoms with Crippen LogP contribution in [0, 0.1) is 0 Å². The van der Waals surface area contributed by atoms with Crippen molar-refractivity contribution < 1.29 is 14.3 Å². The van der Waals surface area contributed by atoms with E-state index in [0.717, 1.165) is 37.3 Å². The molecule has 1 aromatic carbocycles. The molecule has 2 fully saturated rings. The molecule has 0 unspecified atom stereocenters. The number of carbonyl (C=O) groups is 1. The number of rotatable bonds is 5. The number of amides is 1. The first kappa shape index (κ1) is 19.9. The maximum atomic E-state index is 13.1. The van der Waals surface area contributed by atoms with Crippen molar-refractivity contribution in [3.63, 3.8) is 0 Å². The molecule has 2 aliphatic heterocycles. The van der Waals surface area contributed by atoms with Crippen molar-refractivity contribution in [3.05, 3.63) is 59.8 Å². The third-order valence-electron chi connectivity index (χ3n) is 5.74. The molecule has 4 rings (SSSR count). The summed E-state index contributed by atoms with van der Waals surface area (Å²) in [5.74, 6) is 0.517. The quantitative estimate of drug-likeness (QED) is 0.776. The first-order valence-electron chi connectivity index (χ1n) is 10.4. The predicted molar refractivity (Wildman–Crippen MR) is 112 cm³/mol. The Morgan fingerprint density at radius 3 is 2.38 bits per heavy atom. The molecule has 0 saturated carbocycles. The molecule has 0 aliphatic carbocycles. The topological polar surface area (TPSA) is 54.9 Å². The van der Waals surface area contributed by atoms with E-state index < -0.39 is 0 Å². The molecule has 154 valence electrons. The molecule has 0 radical (unpaired) electrons. The van der Waals surface area contributed by atoms with Crippen LogP contribution in [0.4, 0.5) is 5.82 Å². The monoisotopic (exact) mass is 395 g/mol. The van der Waals surface area contributed by atoms with Crippen molar-refractivity contribution in [2.75, 3.05) is 31.2 Å². The predicted octanol–water partition coefficient (Wildman–Crippen LogP) is 3.48. The van der Waals surface area contributed by atoms with Gasteiger partial charge in [0.1, 0.15) is 5.82 Å². The molecule has 6 nitrogen and oxygen atoms in total. The summed E-state index contributed by atoms with van der Waals surface area (Å²) < 4.78 is 11.6. The number of piperidine rings is 1. The molecule has 0 bridgehead atoms. The van der Waals surface area contributed by atoms with Crippen molar-refractivity contribution in [2.45, 2.75) is 45.1 Å². The molecular weight excluding hydrogens is 366 g/mol. The van der Waals surface area contributed by atoms with Gasteiger partial charge in [-0.2, -0.15) is 0 Å². The second kappa shape index (κ2) is 8.51. The first-order chi connectivity index (χ1) is 14.1. The second-order valence-corrected chi connectivity index (χ2v) is 8.01. The minimum atomic E-state index is -0.387. The molecule has 0 N–H and O–H groups in total. The minimum absolute atomic E-state index is 0.00764. The van der Waals surface area contributed by atoms with Crippen molar-refractivity contribution in [1.82, 2.24) is 9.88 Å². The van der Waals surface area contributed by atoms with E-state index in [1.54, 1.807) is 6.20 Å². The lowest BCUT2D eigenvalue weighted by Crippen LogP contribution is -2.45. The average molecular weight is 396 g/mol. The summed E-state index contributed by atoms with van der Waals surface area (Å²) in [5, 5.41) is 0. The summed E-state index contributed by atoms with van der Waals surface area (Å²) in [4.78, 5) is 21.8. The number of benzene rings is 1. The van der Waals surface area contributed by atoms with Gasteiger partial charge < -0.3 is 19.3 Å². The molecule has 6 heteroatoms. The fourth-order valence-electron chi connectivity index (χ4n) is 4.00. The van der Waals surface area contributed by atoms with Gasteiger partial charge in [0.15, 0.2) is 5.79 Å². The lowest BCUT2D eigenvalue weighted by molar-refractivity contribution is -0.169. The van der Waals surface area contributed by atoms with Crippen LogP contribution in [0.2, 0.25) is 0 Å². The van der Waals surface area contributed by atoms with Gasteiger partial charge in [0.25, 0.3) is 5.91 Å². The Bertz CT molecular complexity index is 807. The smallest absolute Gasteiger partial charge is 0.255 e. The molecule has 2 aliphatic rings. The fraction of sp³-hybridized carbons (Fsp3) is 0.478. The van der Waals surface area contributed by atoms with Crippen molar-refractivity contribution in [2.24, 2.45) is 0 Å². The van der Waals surface area contributed by atoms with Crippen LogP contribution in [0.3, 0.4) is 0 Å². The standard InChI is InChI=1S/C23H29N3O3/c1-18(2)26(17-19-6-4-3-5-7-19)22(27)20-8-9-21(24-16-20)25-12-10-23(11-13-25)28-14-15-29-23/h3-9,16,18H,10-15,17H2,1-2H3. The van der Waals surface area contributed by atoms with Gasteiger partial charge in [0.05, 0.1) is 18.8 Å². The zero-order valence-electron chi connectivity index (χ0n) is 17.2. The van der Waals surface area contributed by atoms with E-state index in [1.165, 1.54) is 0 Å². The highest BCUT2D eigenvalue weighted by Gasteiger charge is 2.40. The Balaban J connectivity index is 1.41. The lowest BCUT2D eigenvalue weighted by atomic mass is 10.0. The summed E-state index contributed by atoms with van der Waals surface area (Å²) in [6, 6.07) is 14.0. The van der Waals surface area contributed by atoms with Crippen LogP contribution in [-0.4, -0.2) is 53.9 Å². The van der Waals surface area contributed by atoms with Crippen molar-refractivity contribution in [1.29, 1.82) is 0 Å². The summed E-state index contributed by atoms with van der Waals surface area (Å²) in [6.45, 7) is 7.72. The maximum absolute atomic E-state index is 13.1. The number of hydrogen-bond acceptors (Lipinski definition) is 5. The third-order valence-corrected chi connectivity index (χ3v) is 5.74. The summed E-state index contributed by atoms with van der Waals surface area (Å²) in [6.07, 6.45) is 3.38. The number of ether oxygens (including phenoxy) is 2. The van der Waals surface area contributed by atoms with Crippen molar-refractivity contribution >= 4 is 11.7 Å². The SMILES string of the molecule is CC(C)N(Cc1ccccc1)C(=O)c1ccc(N2CCC3(CC2)OCCO3)nc1. The molecule has 1 amide bonds. The Kier molecular flexibility index (Phi) is 5.83. The number of carbonyl (C=O) groups excluding carboxylic acids is 1. The van der Waals surface area contributed by atoms with E-state index in [2.05, 4.69) is 9.88 Å². The molecule has 0 atom stereocenters. The van der Waals surface area contributed by atoms with E-state index in [9.17, 15) is 4.79 Å². The van der Waals surface area contributed by atoms with E-state index in [1.807, 2.05) is 61.2 Å². The third kappa shape index (κ3) is 4.43. The Morgan fingerprint density at radius 2 is 1.79 bits per heavy atom. The van der Waals surface area contributed by atoms with Crippen LogP contribution < -0.4 is 4.90 Å². The molecule has 29 heavy (non-hydrogen) atoms. The number of pyridine rings is 1.